The normalized spacial score (nSPS) is 20.7. The molecule has 4 rings (SSSR count). The third-order valence-corrected chi connectivity index (χ3v) is 7.30. The van der Waals surface area contributed by atoms with E-state index in [0.717, 1.165) is 24.0 Å². The first-order valence-corrected chi connectivity index (χ1v) is 10.5. The van der Waals surface area contributed by atoms with E-state index in [1.54, 1.807) is 28.6 Å². The van der Waals surface area contributed by atoms with Crippen molar-refractivity contribution in [2.24, 2.45) is 0 Å². The van der Waals surface area contributed by atoms with Gasteiger partial charge < -0.3 is 5.32 Å². The number of aryl methyl sites for hydroxylation is 1. The Hall–Kier alpha value is -1.89. The molecule has 0 aromatic heterocycles. The summed E-state index contributed by atoms with van der Waals surface area (Å²) in [6, 6.07) is 12.1. The summed E-state index contributed by atoms with van der Waals surface area (Å²) in [5.74, 6) is -0.0357. The van der Waals surface area contributed by atoms with Gasteiger partial charge >= 0.3 is 0 Å². The molecule has 0 aliphatic carbocycles. The molecule has 2 aromatic rings. The van der Waals surface area contributed by atoms with E-state index in [-0.39, 0.29) is 16.8 Å². The van der Waals surface area contributed by atoms with Gasteiger partial charge in [-0.3, -0.25) is 4.79 Å². The van der Waals surface area contributed by atoms with E-state index in [9.17, 15) is 13.2 Å². The Kier molecular flexibility index (Phi) is 4.50. The van der Waals surface area contributed by atoms with Crippen molar-refractivity contribution in [2.45, 2.75) is 36.6 Å². The number of anilines is 1. The van der Waals surface area contributed by atoms with Crippen molar-refractivity contribution in [1.82, 2.24) is 4.31 Å². The number of hydrogen-bond acceptors (Lipinski definition) is 3. The van der Waals surface area contributed by atoms with Crippen LogP contribution in [-0.2, 0) is 21.2 Å². The number of fused-ring (bicyclic) bond motifs is 1. The lowest BCUT2D eigenvalue weighted by Gasteiger charge is -2.26. The van der Waals surface area contributed by atoms with Crippen molar-refractivity contribution < 1.29 is 13.2 Å². The molecular weight excluding hydrogens is 372 g/mol. The number of carbonyl (C=O) groups is 1. The highest BCUT2D eigenvalue weighted by Gasteiger charge is 2.37. The predicted molar refractivity (Wildman–Crippen MR) is 101 cm³/mol. The van der Waals surface area contributed by atoms with Gasteiger partial charge in [-0.25, -0.2) is 8.42 Å². The average molecular weight is 391 g/mol. The average Bonchev–Trinajstić information content (AvgIpc) is 3.12. The molecule has 1 saturated heterocycles. The lowest BCUT2D eigenvalue weighted by Crippen LogP contribution is -2.31. The summed E-state index contributed by atoms with van der Waals surface area (Å²) in [5.41, 5.74) is 2.41. The molecule has 2 aromatic carbocycles. The van der Waals surface area contributed by atoms with Gasteiger partial charge in [0, 0.05) is 23.7 Å². The molecule has 1 N–H and O–H groups in total. The standard InChI is InChI=1S/C19H19ClN2O3S/c20-16-5-2-1-4-15(16)18-6-3-11-22(18)26(24,25)14-8-9-17-13(12-14)7-10-19(23)21-17/h1-2,4-5,8-9,12,18H,3,6-7,10-11H2,(H,21,23). The summed E-state index contributed by atoms with van der Waals surface area (Å²) in [4.78, 5) is 11.8. The second-order valence-corrected chi connectivity index (χ2v) is 8.96. The quantitative estimate of drug-likeness (QED) is 0.867. The maximum absolute atomic E-state index is 13.3. The Morgan fingerprint density at radius 1 is 1.12 bits per heavy atom. The number of carbonyl (C=O) groups excluding carboxylic acids is 1. The highest BCUT2D eigenvalue weighted by atomic mass is 35.5. The SMILES string of the molecule is O=C1CCc2cc(S(=O)(=O)N3CCCC3c3ccccc3Cl)ccc2N1. The van der Waals surface area contributed by atoms with Crippen molar-refractivity contribution in [2.75, 3.05) is 11.9 Å². The molecular formula is C19H19ClN2O3S. The molecule has 0 spiro atoms. The Bertz CT molecular complexity index is 974. The molecule has 5 nitrogen and oxygen atoms in total. The minimum Gasteiger partial charge on any atom is -0.326 e. The van der Waals surface area contributed by atoms with Gasteiger partial charge in [0.1, 0.15) is 0 Å². The molecule has 0 radical (unpaired) electrons. The largest absolute Gasteiger partial charge is 0.326 e. The van der Waals surface area contributed by atoms with Gasteiger partial charge in [-0.1, -0.05) is 29.8 Å². The molecule has 7 heteroatoms. The number of rotatable bonds is 3. The van der Waals surface area contributed by atoms with Crippen LogP contribution in [0.3, 0.4) is 0 Å². The highest BCUT2D eigenvalue weighted by Crippen LogP contribution is 2.39. The Morgan fingerprint density at radius 2 is 1.92 bits per heavy atom. The van der Waals surface area contributed by atoms with Gasteiger partial charge in [-0.05, 0) is 54.7 Å². The van der Waals surface area contributed by atoms with E-state index in [1.807, 2.05) is 18.2 Å². The van der Waals surface area contributed by atoms with Gasteiger partial charge in [-0.2, -0.15) is 4.31 Å². The Morgan fingerprint density at radius 3 is 2.73 bits per heavy atom. The first-order valence-electron chi connectivity index (χ1n) is 8.66. The van der Waals surface area contributed by atoms with E-state index in [0.29, 0.717) is 30.1 Å². The predicted octanol–water partition coefficient (Wildman–Crippen LogP) is 3.75. The summed E-state index contributed by atoms with van der Waals surface area (Å²) >= 11 is 6.31. The number of hydrogen-bond donors (Lipinski definition) is 1. The topological polar surface area (TPSA) is 66.5 Å². The van der Waals surface area contributed by atoms with Gasteiger partial charge in [0.25, 0.3) is 0 Å². The maximum Gasteiger partial charge on any atom is 0.243 e. The number of sulfonamides is 1. The summed E-state index contributed by atoms with van der Waals surface area (Å²) in [6.07, 6.45) is 2.49. The highest BCUT2D eigenvalue weighted by molar-refractivity contribution is 7.89. The van der Waals surface area contributed by atoms with Crippen molar-refractivity contribution >= 4 is 33.2 Å². The van der Waals surface area contributed by atoms with E-state index < -0.39 is 10.0 Å². The molecule has 2 heterocycles. The zero-order valence-corrected chi connectivity index (χ0v) is 15.7. The van der Waals surface area contributed by atoms with Gasteiger partial charge in [0.15, 0.2) is 0 Å². The van der Waals surface area contributed by atoms with Crippen LogP contribution in [0.15, 0.2) is 47.4 Å². The van der Waals surface area contributed by atoms with E-state index >= 15 is 0 Å². The number of halogens is 1. The third-order valence-electron chi connectivity index (χ3n) is 5.05. The van der Waals surface area contributed by atoms with Crippen molar-refractivity contribution in [1.29, 1.82) is 0 Å². The van der Waals surface area contributed by atoms with Gasteiger partial charge in [0.05, 0.1) is 10.9 Å². The van der Waals surface area contributed by atoms with Crippen LogP contribution in [0.25, 0.3) is 0 Å². The van der Waals surface area contributed by atoms with Crippen LogP contribution in [0.2, 0.25) is 5.02 Å². The van der Waals surface area contributed by atoms with Gasteiger partial charge in [-0.15, -0.1) is 0 Å². The number of nitrogens with one attached hydrogen (secondary N) is 1. The van der Waals surface area contributed by atoms with Crippen LogP contribution in [0.1, 0.15) is 36.4 Å². The van der Waals surface area contributed by atoms with E-state index in [4.69, 9.17) is 11.6 Å². The summed E-state index contributed by atoms with van der Waals surface area (Å²) in [7, 11) is -3.64. The van der Waals surface area contributed by atoms with Crippen LogP contribution in [0, 0.1) is 0 Å². The molecule has 1 unspecified atom stereocenters. The summed E-state index contributed by atoms with van der Waals surface area (Å²) in [5, 5.41) is 3.38. The minimum absolute atomic E-state index is 0.0357. The molecule has 0 bridgehead atoms. The first kappa shape index (κ1) is 17.5. The molecule has 1 atom stereocenters. The monoisotopic (exact) mass is 390 g/mol. The number of amides is 1. The van der Waals surface area contributed by atoms with Crippen LogP contribution in [-0.4, -0.2) is 25.2 Å². The smallest absolute Gasteiger partial charge is 0.243 e. The van der Waals surface area contributed by atoms with Crippen LogP contribution < -0.4 is 5.32 Å². The van der Waals surface area contributed by atoms with Crippen molar-refractivity contribution in [3.63, 3.8) is 0 Å². The zero-order chi connectivity index (χ0) is 18.3. The lowest BCUT2D eigenvalue weighted by molar-refractivity contribution is -0.116. The van der Waals surface area contributed by atoms with Crippen LogP contribution >= 0.6 is 11.6 Å². The third kappa shape index (κ3) is 3.02. The van der Waals surface area contributed by atoms with Crippen molar-refractivity contribution in [3.8, 4) is 0 Å². The first-order chi connectivity index (χ1) is 12.5. The Balaban J connectivity index is 1.70. The summed E-state index contributed by atoms with van der Waals surface area (Å²) < 4.78 is 28.1. The molecule has 2 aliphatic heterocycles. The second-order valence-electron chi connectivity index (χ2n) is 6.66. The molecule has 2 aliphatic rings. The molecule has 1 amide bonds. The maximum atomic E-state index is 13.3. The second kappa shape index (κ2) is 6.68. The molecule has 136 valence electrons. The summed E-state index contributed by atoms with van der Waals surface area (Å²) in [6.45, 7) is 0.478. The fraction of sp³-hybridized carbons (Fsp3) is 0.316. The molecule has 0 saturated carbocycles. The van der Waals surface area contributed by atoms with Gasteiger partial charge in [0.2, 0.25) is 15.9 Å². The minimum atomic E-state index is -3.64. The van der Waals surface area contributed by atoms with Crippen molar-refractivity contribution in [3.05, 3.63) is 58.6 Å². The Labute approximate surface area is 158 Å². The van der Waals surface area contributed by atoms with E-state index in [1.165, 1.54) is 0 Å². The number of benzene rings is 2. The van der Waals surface area contributed by atoms with Crippen LogP contribution in [0.5, 0.6) is 0 Å². The molecule has 1 fully saturated rings. The number of nitrogens with zero attached hydrogens (tertiary/aromatic N) is 1. The fourth-order valence-corrected chi connectivity index (χ4v) is 5.73. The van der Waals surface area contributed by atoms with E-state index in [2.05, 4.69) is 5.32 Å². The lowest BCUT2D eigenvalue weighted by atomic mass is 10.0. The molecule has 26 heavy (non-hydrogen) atoms. The van der Waals surface area contributed by atoms with Crippen LogP contribution in [0.4, 0.5) is 5.69 Å². The fourth-order valence-electron chi connectivity index (χ4n) is 3.74. The zero-order valence-electron chi connectivity index (χ0n) is 14.1.